The summed E-state index contributed by atoms with van der Waals surface area (Å²) in [6, 6.07) is 12.6. The van der Waals surface area contributed by atoms with Crippen LogP contribution in [0.3, 0.4) is 0 Å². The zero-order chi connectivity index (χ0) is 14.5. The zero-order valence-corrected chi connectivity index (χ0v) is 13.8. The van der Waals surface area contributed by atoms with Gasteiger partial charge in [0.05, 0.1) is 5.02 Å². The van der Waals surface area contributed by atoms with E-state index < -0.39 is 0 Å². The molecule has 20 heavy (non-hydrogen) atoms. The molecule has 0 saturated carbocycles. The molecule has 2 aromatic rings. The average Bonchev–Trinajstić information content (AvgIpc) is 2.41. The molecular weight excluding hydrogens is 361 g/mol. The minimum absolute atomic E-state index is 0.119. The van der Waals surface area contributed by atoms with Gasteiger partial charge in [-0.2, -0.15) is 0 Å². The van der Waals surface area contributed by atoms with Gasteiger partial charge in [-0.15, -0.1) is 11.8 Å². The highest BCUT2D eigenvalue weighted by Gasteiger charge is 2.10. The van der Waals surface area contributed by atoms with E-state index in [0.29, 0.717) is 17.7 Å². The monoisotopic (exact) mass is 373 g/mol. The molecule has 0 aromatic heterocycles. The van der Waals surface area contributed by atoms with Crippen LogP contribution < -0.4 is 5.73 Å². The molecule has 0 spiro atoms. The summed E-state index contributed by atoms with van der Waals surface area (Å²) in [6.07, 6.45) is 0.510. The molecule has 2 N–H and O–H groups in total. The van der Waals surface area contributed by atoms with Gasteiger partial charge < -0.3 is 5.73 Å². The standard InChI is InChI=1S/C15H14BrClFNS/c16-11-6-5-10(14(18)8-11)7-12(19)9-20-15-4-2-1-3-13(15)17/h1-6,8,12H,7,9,19H2. The molecule has 0 aliphatic carbocycles. The SMILES string of the molecule is NC(CSc1ccccc1Cl)Cc1ccc(Br)cc1F. The molecule has 0 aliphatic rings. The lowest BCUT2D eigenvalue weighted by Crippen LogP contribution is -2.26. The second kappa shape index (κ2) is 7.46. The molecule has 1 unspecified atom stereocenters. The lowest BCUT2D eigenvalue weighted by Gasteiger charge is -2.12. The molecule has 5 heteroatoms. The molecule has 0 heterocycles. The maximum absolute atomic E-state index is 13.7. The fourth-order valence-electron chi connectivity index (χ4n) is 1.79. The van der Waals surface area contributed by atoms with Crippen LogP contribution in [0.1, 0.15) is 5.56 Å². The number of nitrogens with two attached hydrogens (primary N) is 1. The Morgan fingerprint density at radius 1 is 1.25 bits per heavy atom. The molecule has 1 nitrogen and oxygen atoms in total. The molecule has 0 radical (unpaired) electrons. The number of hydrogen-bond donors (Lipinski definition) is 1. The molecule has 0 bridgehead atoms. The summed E-state index contributed by atoms with van der Waals surface area (Å²) in [7, 11) is 0. The van der Waals surface area contributed by atoms with E-state index in [2.05, 4.69) is 15.9 Å². The molecule has 0 saturated heterocycles. The van der Waals surface area contributed by atoms with E-state index in [1.807, 2.05) is 30.3 Å². The van der Waals surface area contributed by atoms with Gasteiger partial charge in [-0.3, -0.25) is 0 Å². The topological polar surface area (TPSA) is 26.0 Å². The average molecular weight is 375 g/mol. The van der Waals surface area contributed by atoms with Crippen molar-refractivity contribution in [2.24, 2.45) is 5.73 Å². The Balaban J connectivity index is 1.92. The van der Waals surface area contributed by atoms with Crippen molar-refractivity contribution in [3.8, 4) is 0 Å². The van der Waals surface area contributed by atoms with Gasteiger partial charge in [0.2, 0.25) is 0 Å². The highest BCUT2D eigenvalue weighted by Crippen LogP contribution is 2.27. The second-order valence-electron chi connectivity index (χ2n) is 4.44. The van der Waals surface area contributed by atoms with E-state index in [0.717, 1.165) is 14.4 Å². The highest BCUT2D eigenvalue weighted by molar-refractivity contribution is 9.10. The molecule has 1 atom stereocenters. The molecule has 0 aliphatic heterocycles. The minimum Gasteiger partial charge on any atom is -0.327 e. The van der Waals surface area contributed by atoms with Gasteiger partial charge in [0.25, 0.3) is 0 Å². The van der Waals surface area contributed by atoms with Gasteiger partial charge in [-0.1, -0.05) is 45.7 Å². The molecule has 2 rings (SSSR count). The third-order valence-corrected chi connectivity index (χ3v) is 4.98. The van der Waals surface area contributed by atoms with Crippen LogP contribution in [0.2, 0.25) is 5.02 Å². The Kier molecular flexibility index (Phi) is 5.90. The number of benzene rings is 2. The van der Waals surface area contributed by atoms with E-state index in [1.54, 1.807) is 17.8 Å². The Bertz CT molecular complexity index is 594. The van der Waals surface area contributed by atoms with Crippen molar-refractivity contribution in [1.82, 2.24) is 0 Å². The predicted octanol–water partition coefficient (Wildman–Crippen LogP) is 4.90. The summed E-state index contributed by atoms with van der Waals surface area (Å²) in [5.74, 6) is 0.469. The molecular formula is C15H14BrClFNS. The van der Waals surface area contributed by atoms with Crippen molar-refractivity contribution in [3.63, 3.8) is 0 Å². The van der Waals surface area contributed by atoms with Gasteiger partial charge in [-0.25, -0.2) is 4.39 Å². The number of hydrogen-bond acceptors (Lipinski definition) is 2. The van der Waals surface area contributed by atoms with Gasteiger partial charge in [-0.05, 0) is 36.2 Å². The molecule has 2 aromatic carbocycles. The Morgan fingerprint density at radius 3 is 2.70 bits per heavy atom. The lowest BCUT2D eigenvalue weighted by molar-refractivity contribution is 0.596. The van der Waals surface area contributed by atoms with E-state index in [-0.39, 0.29) is 11.9 Å². The fraction of sp³-hybridized carbons (Fsp3) is 0.200. The van der Waals surface area contributed by atoms with Crippen LogP contribution in [0.5, 0.6) is 0 Å². The smallest absolute Gasteiger partial charge is 0.127 e. The first kappa shape index (κ1) is 15.8. The van der Waals surface area contributed by atoms with Crippen LogP contribution in [-0.4, -0.2) is 11.8 Å². The summed E-state index contributed by atoms with van der Waals surface area (Å²) in [4.78, 5) is 1.00. The molecule has 106 valence electrons. The van der Waals surface area contributed by atoms with Gasteiger partial charge in [0.1, 0.15) is 5.82 Å². The first-order valence-corrected chi connectivity index (χ1v) is 8.29. The maximum atomic E-state index is 13.7. The summed E-state index contributed by atoms with van der Waals surface area (Å²) >= 11 is 10.9. The van der Waals surface area contributed by atoms with Gasteiger partial charge >= 0.3 is 0 Å². The van der Waals surface area contributed by atoms with Crippen molar-refractivity contribution in [3.05, 3.63) is 63.3 Å². The van der Waals surface area contributed by atoms with Crippen LogP contribution in [0.4, 0.5) is 4.39 Å². The van der Waals surface area contributed by atoms with Crippen LogP contribution in [0.15, 0.2) is 51.8 Å². The first-order valence-electron chi connectivity index (χ1n) is 6.13. The number of halogens is 3. The van der Waals surface area contributed by atoms with E-state index in [4.69, 9.17) is 17.3 Å². The lowest BCUT2D eigenvalue weighted by atomic mass is 10.1. The molecule has 0 fully saturated rings. The summed E-state index contributed by atoms with van der Waals surface area (Å²) < 4.78 is 14.5. The predicted molar refractivity (Wildman–Crippen MR) is 88.0 cm³/mol. The third kappa shape index (κ3) is 4.48. The summed E-state index contributed by atoms with van der Waals surface area (Å²) in [5.41, 5.74) is 6.71. The van der Waals surface area contributed by atoms with Gasteiger partial charge in [0.15, 0.2) is 0 Å². The van der Waals surface area contributed by atoms with Crippen LogP contribution in [0.25, 0.3) is 0 Å². The van der Waals surface area contributed by atoms with Crippen molar-refractivity contribution >= 4 is 39.3 Å². The first-order chi connectivity index (χ1) is 9.56. The van der Waals surface area contributed by atoms with E-state index >= 15 is 0 Å². The number of rotatable bonds is 5. The van der Waals surface area contributed by atoms with Crippen molar-refractivity contribution < 1.29 is 4.39 Å². The van der Waals surface area contributed by atoms with Crippen LogP contribution in [-0.2, 0) is 6.42 Å². The second-order valence-corrected chi connectivity index (χ2v) is 6.83. The van der Waals surface area contributed by atoms with Crippen LogP contribution in [0, 0.1) is 5.82 Å². The van der Waals surface area contributed by atoms with Crippen molar-refractivity contribution in [2.45, 2.75) is 17.4 Å². The van der Waals surface area contributed by atoms with Crippen molar-refractivity contribution in [1.29, 1.82) is 0 Å². The van der Waals surface area contributed by atoms with Crippen LogP contribution >= 0.6 is 39.3 Å². The Labute approximate surface area is 135 Å². The maximum Gasteiger partial charge on any atom is 0.127 e. The highest BCUT2D eigenvalue weighted by atomic mass is 79.9. The normalized spacial score (nSPS) is 12.4. The Hall–Kier alpha value is -0.550. The van der Waals surface area contributed by atoms with E-state index in [9.17, 15) is 4.39 Å². The summed E-state index contributed by atoms with van der Waals surface area (Å²) in [5, 5.41) is 0.722. The quantitative estimate of drug-likeness (QED) is 0.753. The minimum atomic E-state index is -0.224. The van der Waals surface area contributed by atoms with Crippen molar-refractivity contribution in [2.75, 3.05) is 5.75 Å². The molecule has 0 amide bonds. The van der Waals surface area contributed by atoms with Gasteiger partial charge in [0, 0.05) is 21.2 Å². The third-order valence-electron chi connectivity index (χ3n) is 2.79. The zero-order valence-electron chi connectivity index (χ0n) is 10.7. The van der Waals surface area contributed by atoms with E-state index in [1.165, 1.54) is 6.07 Å². The number of thioether (sulfide) groups is 1. The summed E-state index contributed by atoms with van der Waals surface area (Å²) in [6.45, 7) is 0. The Morgan fingerprint density at radius 2 is 2.00 bits per heavy atom. The fourth-order valence-corrected chi connectivity index (χ4v) is 3.31. The largest absolute Gasteiger partial charge is 0.327 e.